The summed E-state index contributed by atoms with van der Waals surface area (Å²) in [6.45, 7) is 8.85. The second kappa shape index (κ2) is 5.65. The van der Waals surface area contributed by atoms with Crippen LogP contribution < -0.4 is 5.32 Å². The summed E-state index contributed by atoms with van der Waals surface area (Å²) >= 11 is 5.76. The predicted molar refractivity (Wildman–Crippen MR) is 70.2 cm³/mol. The predicted octanol–water partition coefficient (Wildman–Crippen LogP) is 3.29. The number of hydrogen-bond donors (Lipinski definition) is 1. The van der Waals surface area contributed by atoms with Crippen LogP contribution in [0.3, 0.4) is 0 Å². The Morgan fingerprint density at radius 3 is 2.72 bits per heavy atom. The fraction of sp³-hybridized carbons (Fsp3) is 0.538. The number of amides is 1. The molecule has 1 rings (SSSR count). The van der Waals surface area contributed by atoms with E-state index in [4.69, 9.17) is 11.6 Å². The maximum absolute atomic E-state index is 13.0. The Bertz CT molecular complexity index is 443. The largest absolute Gasteiger partial charge is 0.352 e. The van der Waals surface area contributed by atoms with Gasteiger partial charge in [0.25, 0.3) is 5.91 Å². The highest BCUT2D eigenvalue weighted by molar-refractivity contribution is 6.32. The van der Waals surface area contributed by atoms with E-state index in [1.807, 2.05) is 6.92 Å². The molecule has 0 aliphatic heterocycles. The van der Waals surface area contributed by atoms with Crippen LogP contribution in [0.4, 0.5) is 4.39 Å². The smallest absolute Gasteiger partial charge is 0.254 e. The van der Waals surface area contributed by atoms with Gasteiger partial charge in [-0.15, -0.1) is 0 Å². The number of nitrogens with zero attached hydrogens (tertiary/aromatic N) is 1. The van der Waals surface area contributed by atoms with Gasteiger partial charge in [0.05, 0.1) is 11.8 Å². The van der Waals surface area contributed by atoms with Crippen molar-refractivity contribution in [1.29, 1.82) is 0 Å². The number of aromatic nitrogens is 1. The van der Waals surface area contributed by atoms with Crippen LogP contribution in [-0.4, -0.2) is 17.4 Å². The fourth-order valence-electron chi connectivity index (χ4n) is 1.23. The van der Waals surface area contributed by atoms with Gasteiger partial charge in [0.2, 0.25) is 0 Å². The molecule has 0 aliphatic carbocycles. The quantitative estimate of drug-likeness (QED) is 0.858. The average Bonchev–Trinajstić information content (AvgIpc) is 2.27. The SMILES string of the molecule is CC(CNC(=O)c1cc(F)cnc1Cl)C(C)(C)C. The van der Waals surface area contributed by atoms with Gasteiger partial charge in [-0.2, -0.15) is 0 Å². The van der Waals surface area contributed by atoms with Crippen LogP contribution in [0.15, 0.2) is 12.3 Å². The lowest BCUT2D eigenvalue weighted by Crippen LogP contribution is -2.33. The number of carbonyl (C=O) groups excluding carboxylic acids is 1. The number of pyridine rings is 1. The van der Waals surface area contributed by atoms with Gasteiger partial charge in [-0.25, -0.2) is 9.37 Å². The van der Waals surface area contributed by atoms with Gasteiger partial charge in [0.15, 0.2) is 0 Å². The van der Waals surface area contributed by atoms with E-state index in [1.165, 1.54) is 0 Å². The van der Waals surface area contributed by atoms with Crippen molar-refractivity contribution in [2.75, 3.05) is 6.54 Å². The Hall–Kier alpha value is -1.16. The zero-order chi connectivity index (χ0) is 13.9. The van der Waals surface area contributed by atoms with E-state index in [-0.39, 0.29) is 16.1 Å². The molecule has 0 radical (unpaired) electrons. The fourth-order valence-corrected chi connectivity index (χ4v) is 1.42. The summed E-state index contributed by atoms with van der Waals surface area (Å²) in [6, 6.07) is 1.09. The third kappa shape index (κ3) is 3.95. The van der Waals surface area contributed by atoms with Gasteiger partial charge in [-0.05, 0) is 17.4 Å². The molecule has 1 aromatic rings. The van der Waals surface area contributed by atoms with E-state index in [0.717, 1.165) is 12.3 Å². The zero-order valence-corrected chi connectivity index (χ0v) is 11.8. The highest BCUT2D eigenvalue weighted by atomic mass is 35.5. The molecule has 1 amide bonds. The summed E-state index contributed by atoms with van der Waals surface area (Å²) < 4.78 is 13.0. The van der Waals surface area contributed by atoms with Gasteiger partial charge in [0, 0.05) is 6.54 Å². The van der Waals surface area contributed by atoms with Gasteiger partial charge >= 0.3 is 0 Å². The van der Waals surface area contributed by atoms with Crippen LogP contribution in [0.25, 0.3) is 0 Å². The van der Waals surface area contributed by atoms with E-state index < -0.39 is 11.7 Å². The summed E-state index contributed by atoms with van der Waals surface area (Å²) in [5.41, 5.74) is 0.162. The first-order chi connectivity index (χ1) is 8.21. The summed E-state index contributed by atoms with van der Waals surface area (Å²) in [5, 5.41) is 2.75. The molecule has 0 aliphatic rings. The normalized spacial score (nSPS) is 13.2. The van der Waals surface area contributed by atoms with E-state index in [2.05, 4.69) is 31.1 Å². The first kappa shape index (κ1) is 14.9. The monoisotopic (exact) mass is 272 g/mol. The van der Waals surface area contributed by atoms with Crippen molar-refractivity contribution in [3.05, 3.63) is 28.8 Å². The molecule has 100 valence electrons. The molecule has 0 saturated heterocycles. The maximum Gasteiger partial charge on any atom is 0.254 e. The van der Waals surface area contributed by atoms with Crippen molar-refractivity contribution in [2.24, 2.45) is 11.3 Å². The van der Waals surface area contributed by atoms with Gasteiger partial charge < -0.3 is 5.32 Å². The molecule has 1 atom stereocenters. The molecular weight excluding hydrogens is 255 g/mol. The van der Waals surface area contributed by atoms with Crippen LogP contribution >= 0.6 is 11.6 Å². The minimum absolute atomic E-state index is 0.0114. The molecule has 3 nitrogen and oxygen atoms in total. The van der Waals surface area contributed by atoms with Gasteiger partial charge in [0.1, 0.15) is 11.0 Å². The van der Waals surface area contributed by atoms with Crippen molar-refractivity contribution in [3.8, 4) is 0 Å². The number of carbonyl (C=O) groups is 1. The van der Waals surface area contributed by atoms with Crippen LogP contribution in [-0.2, 0) is 0 Å². The van der Waals surface area contributed by atoms with Gasteiger partial charge in [-0.3, -0.25) is 4.79 Å². The third-order valence-corrected chi connectivity index (χ3v) is 3.40. The Morgan fingerprint density at radius 2 is 2.17 bits per heavy atom. The molecule has 1 unspecified atom stereocenters. The van der Waals surface area contributed by atoms with Crippen LogP contribution in [0.2, 0.25) is 5.15 Å². The standard InChI is InChI=1S/C13H18ClFN2O/c1-8(13(2,3)4)6-17-12(18)10-5-9(15)7-16-11(10)14/h5,7-8H,6H2,1-4H3,(H,17,18). The molecule has 0 aromatic carbocycles. The van der Waals surface area contributed by atoms with E-state index >= 15 is 0 Å². The van der Waals surface area contributed by atoms with Crippen LogP contribution in [0, 0.1) is 17.2 Å². The first-order valence-corrected chi connectivity index (χ1v) is 6.19. The lowest BCUT2D eigenvalue weighted by molar-refractivity contribution is 0.0936. The summed E-state index contributed by atoms with van der Waals surface area (Å²) in [7, 11) is 0. The highest BCUT2D eigenvalue weighted by Gasteiger charge is 2.21. The maximum atomic E-state index is 13.0. The van der Waals surface area contributed by atoms with Crippen LogP contribution in [0.1, 0.15) is 38.1 Å². The molecule has 0 bridgehead atoms. The Labute approximate surface area is 112 Å². The van der Waals surface area contributed by atoms with E-state index in [0.29, 0.717) is 12.5 Å². The zero-order valence-electron chi connectivity index (χ0n) is 11.1. The molecule has 0 spiro atoms. The molecule has 18 heavy (non-hydrogen) atoms. The minimum Gasteiger partial charge on any atom is -0.352 e. The summed E-state index contributed by atoms with van der Waals surface area (Å²) in [5.74, 6) is -0.682. The Kier molecular flexibility index (Phi) is 4.68. The summed E-state index contributed by atoms with van der Waals surface area (Å²) in [4.78, 5) is 15.5. The second-order valence-corrected chi connectivity index (χ2v) is 5.83. The third-order valence-electron chi connectivity index (χ3n) is 3.10. The van der Waals surface area contributed by atoms with Crippen LogP contribution in [0.5, 0.6) is 0 Å². The van der Waals surface area contributed by atoms with Crippen molar-refractivity contribution >= 4 is 17.5 Å². The molecule has 0 fully saturated rings. The molecule has 1 N–H and O–H groups in total. The molecule has 1 aromatic heterocycles. The molecular formula is C13H18ClFN2O. The minimum atomic E-state index is -0.576. The number of hydrogen-bond acceptors (Lipinski definition) is 2. The average molecular weight is 273 g/mol. The first-order valence-electron chi connectivity index (χ1n) is 5.81. The van der Waals surface area contributed by atoms with Crippen molar-refractivity contribution in [2.45, 2.75) is 27.7 Å². The second-order valence-electron chi connectivity index (χ2n) is 5.47. The lowest BCUT2D eigenvalue weighted by atomic mass is 9.82. The van der Waals surface area contributed by atoms with Crippen molar-refractivity contribution in [1.82, 2.24) is 10.3 Å². The highest BCUT2D eigenvalue weighted by Crippen LogP contribution is 2.24. The number of halogens is 2. The van der Waals surface area contributed by atoms with Gasteiger partial charge in [-0.1, -0.05) is 39.3 Å². The molecule has 5 heteroatoms. The van der Waals surface area contributed by atoms with E-state index in [9.17, 15) is 9.18 Å². The number of nitrogens with one attached hydrogen (secondary N) is 1. The van der Waals surface area contributed by atoms with E-state index in [1.54, 1.807) is 0 Å². The molecule has 1 heterocycles. The Morgan fingerprint density at radius 1 is 1.56 bits per heavy atom. The lowest BCUT2D eigenvalue weighted by Gasteiger charge is -2.27. The summed E-state index contributed by atoms with van der Waals surface area (Å²) in [6.07, 6.45) is 0.983. The van der Waals surface area contributed by atoms with Crippen molar-refractivity contribution < 1.29 is 9.18 Å². The topological polar surface area (TPSA) is 42.0 Å². The van der Waals surface area contributed by atoms with Crippen molar-refractivity contribution in [3.63, 3.8) is 0 Å². The number of rotatable bonds is 3. The molecule has 0 saturated carbocycles. The Balaban J connectivity index is 2.69.